The van der Waals surface area contributed by atoms with Gasteiger partial charge in [0.05, 0.1) is 16.9 Å². The highest BCUT2D eigenvalue weighted by atomic mass is 35.5. The predicted octanol–water partition coefficient (Wildman–Crippen LogP) is 4.58. The summed E-state index contributed by atoms with van der Waals surface area (Å²) in [4.78, 5) is 1.76. The van der Waals surface area contributed by atoms with Gasteiger partial charge in [0.2, 0.25) is 0 Å². The zero-order chi connectivity index (χ0) is 15.6. The molecule has 0 aliphatic heterocycles. The van der Waals surface area contributed by atoms with E-state index in [1.54, 1.807) is 36.2 Å². The number of hydrogen-bond acceptors (Lipinski definition) is 2. The molecular weight excluding hydrogens is 301 g/mol. The summed E-state index contributed by atoms with van der Waals surface area (Å²) in [7, 11) is 1.75. The lowest BCUT2D eigenvalue weighted by Crippen LogP contribution is -2.18. The molecule has 2 rings (SSSR count). The number of hydrogen-bond donors (Lipinski definition) is 1. The highest BCUT2D eigenvalue weighted by Gasteiger charge is 2.30. The van der Waals surface area contributed by atoms with Crippen LogP contribution in [0.5, 0.6) is 0 Å². The SMILES string of the molecule is CN(Cc1cccc(C(F)(F)F)c1)c1cc(Cl)ccc1N. The smallest absolute Gasteiger partial charge is 0.397 e. The van der Waals surface area contributed by atoms with Gasteiger partial charge >= 0.3 is 6.18 Å². The number of nitrogen functional groups attached to an aromatic ring is 1. The van der Waals surface area contributed by atoms with Gasteiger partial charge in [0.1, 0.15) is 0 Å². The van der Waals surface area contributed by atoms with Crippen LogP contribution >= 0.6 is 11.6 Å². The number of benzene rings is 2. The summed E-state index contributed by atoms with van der Waals surface area (Å²) < 4.78 is 38.1. The van der Waals surface area contributed by atoms with Gasteiger partial charge in [-0.3, -0.25) is 0 Å². The van der Waals surface area contributed by atoms with Gasteiger partial charge in [0, 0.05) is 18.6 Å². The standard InChI is InChI=1S/C15H14ClF3N2/c1-21(14-8-12(16)5-6-13(14)20)9-10-3-2-4-11(7-10)15(17,18)19/h2-8H,9,20H2,1H3. The second-order valence-corrected chi connectivity index (χ2v) is 5.19. The quantitative estimate of drug-likeness (QED) is 0.840. The zero-order valence-electron chi connectivity index (χ0n) is 11.3. The van der Waals surface area contributed by atoms with Crippen LogP contribution in [-0.2, 0) is 12.7 Å². The van der Waals surface area contributed by atoms with Crippen LogP contribution in [0.2, 0.25) is 5.02 Å². The minimum Gasteiger partial charge on any atom is -0.397 e. The molecule has 0 radical (unpaired) electrons. The molecule has 0 heterocycles. The fourth-order valence-electron chi connectivity index (χ4n) is 2.05. The van der Waals surface area contributed by atoms with Crippen molar-refractivity contribution in [2.45, 2.75) is 12.7 Å². The second kappa shape index (κ2) is 5.85. The van der Waals surface area contributed by atoms with Crippen LogP contribution in [0, 0.1) is 0 Å². The largest absolute Gasteiger partial charge is 0.416 e. The first kappa shape index (κ1) is 15.5. The zero-order valence-corrected chi connectivity index (χ0v) is 12.0. The highest BCUT2D eigenvalue weighted by molar-refractivity contribution is 6.31. The molecule has 0 amide bonds. The van der Waals surface area contributed by atoms with Crippen LogP contribution in [0.1, 0.15) is 11.1 Å². The third-order valence-corrected chi connectivity index (χ3v) is 3.31. The first-order valence-electron chi connectivity index (χ1n) is 6.19. The molecule has 0 aliphatic rings. The molecule has 21 heavy (non-hydrogen) atoms. The predicted molar refractivity (Wildman–Crippen MR) is 79.4 cm³/mol. The van der Waals surface area contributed by atoms with E-state index in [0.29, 0.717) is 28.5 Å². The number of halogens is 4. The van der Waals surface area contributed by atoms with E-state index < -0.39 is 11.7 Å². The topological polar surface area (TPSA) is 29.3 Å². The summed E-state index contributed by atoms with van der Waals surface area (Å²) in [6.07, 6.45) is -4.34. The number of anilines is 2. The maximum absolute atomic E-state index is 12.7. The van der Waals surface area contributed by atoms with Crippen molar-refractivity contribution in [3.8, 4) is 0 Å². The Labute approximate surface area is 125 Å². The average Bonchev–Trinajstić information content (AvgIpc) is 2.41. The first-order chi connectivity index (χ1) is 9.77. The summed E-state index contributed by atoms with van der Waals surface area (Å²) in [6, 6.07) is 10.2. The fraction of sp³-hybridized carbons (Fsp3) is 0.200. The maximum Gasteiger partial charge on any atom is 0.416 e. The van der Waals surface area contributed by atoms with Gasteiger partial charge in [-0.25, -0.2) is 0 Å². The van der Waals surface area contributed by atoms with Gasteiger partial charge in [0.15, 0.2) is 0 Å². The Kier molecular flexibility index (Phi) is 4.32. The minimum absolute atomic E-state index is 0.300. The monoisotopic (exact) mass is 314 g/mol. The second-order valence-electron chi connectivity index (χ2n) is 4.76. The van der Waals surface area contributed by atoms with Gasteiger partial charge in [-0.15, -0.1) is 0 Å². The van der Waals surface area contributed by atoms with Crippen molar-refractivity contribution in [2.24, 2.45) is 0 Å². The Hall–Kier alpha value is -1.88. The molecule has 0 saturated carbocycles. The lowest BCUT2D eigenvalue weighted by atomic mass is 10.1. The summed E-state index contributed by atoms with van der Waals surface area (Å²) >= 11 is 5.92. The molecule has 0 fully saturated rings. The van der Waals surface area contributed by atoms with Crippen molar-refractivity contribution in [1.82, 2.24) is 0 Å². The molecule has 2 N–H and O–H groups in total. The molecule has 0 spiro atoms. The highest BCUT2D eigenvalue weighted by Crippen LogP contribution is 2.31. The number of rotatable bonds is 3. The molecule has 0 saturated heterocycles. The Morgan fingerprint density at radius 2 is 1.86 bits per heavy atom. The molecule has 112 valence electrons. The van der Waals surface area contributed by atoms with Gasteiger partial charge in [-0.1, -0.05) is 23.7 Å². The van der Waals surface area contributed by atoms with E-state index in [1.165, 1.54) is 6.07 Å². The lowest BCUT2D eigenvalue weighted by Gasteiger charge is -2.22. The molecular formula is C15H14ClF3N2. The molecule has 0 atom stereocenters. The molecule has 2 aromatic rings. The van der Waals surface area contributed by atoms with Crippen molar-refractivity contribution >= 4 is 23.0 Å². The number of nitrogens with zero attached hydrogens (tertiary/aromatic N) is 1. The van der Waals surface area contributed by atoms with Gasteiger partial charge in [-0.05, 0) is 35.9 Å². The van der Waals surface area contributed by atoms with E-state index in [4.69, 9.17) is 17.3 Å². The molecule has 2 aromatic carbocycles. The van der Waals surface area contributed by atoms with Gasteiger partial charge in [0.25, 0.3) is 0 Å². The Morgan fingerprint density at radius 3 is 2.52 bits per heavy atom. The fourth-order valence-corrected chi connectivity index (χ4v) is 2.22. The third kappa shape index (κ3) is 3.82. The van der Waals surface area contributed by atoms with Crippen molar-refractivity contribution in [3.05, 3.63) is 58.6 Å². The van der Waals surface area contributed by atoms with E-state index in [2.05, 4.69) is 0 Å². The van der Waals surface area contributed by atoms with Crippen LogP contribution in [0.25, 0.3) is 0 Å². The summed E-state index contributed by atoms with van der Waals surface area (Å²) in [5.41, 5.74) is 6.95. The van der Waals surface area contributed by atoms with E-state index in [0.717, 1.165) is 12.1 Å². The van der Waals surface area contributed by atoms with E-state index in [-0.39, 0.29) is 0 Å². The molecule has 0 unspecified atom stereocenters. The number of alkyl halides is 3. The van der Waals surface area contributed by atoms with E-state index in [9.17, 15) is 13.2 Å². The lowest BCUT2D eigenvalue weighted by molar-refractivity contribution is -0.137. The van der Waals surface area contributed by atoms with Crippen molar-refractivity contribution in [3.63, 3.8) is 0 Å². The molecule has 0 aromatic heterocycles. The normalized spacial score (nSPS) is 11.5. The molecule has 2 nitrogen and oxygen atoms in total. The Bertz CT molecular complexity index is 641. The van der Waals surface area contributed by atoms with Crippen molar-refractivity contribution < 1.29 is 13.2 Å². The van der Waals surface area contributed by atoms with Crippen LogP contribution in [-0.4, -0.2) is 7.05 Å². The van der Waals surface area contributed by atoms with Crippen LogP contribution < -0.4 is 10.6 Å². The van der Waals surface area contributed by atoms with Crippen molar-refractivity contribution in [2.75, 3.05) is 17.7 Å². The summed E-state index contributed by atoms with van der Waals surface area (Å²) in [5.74, 6) is 0. The first-order valence-corrected chi connectivity index (χ1v) is 6.57. The van der Waals surface area contributed by atoms with E-state index in [1.807, 2.05) is 0 Å². The molecule has 6 heteroatoms. The average molecular weight is 315 g/mol. The van der Waals surface area contributed by atoms with Crippen LogP contribution in [0.15, 0.2) is 42.5 Å². The third-order valence-electron chi connectivity index (χ3n) is 3.08. The van der Waals surface area contributed by atoms with E-state index >= 15 is 0 Å². The van der Waals surface area contributed by atoms with Crippen LogP contribution in [0.3, 0.4) is 0 Å². The number of nitrogens with two attached hydrogens (primary N) is 1. The maximum atomic E-state index is 12.7. The summed E-state index contributed by atoms with van der Waals surface area (Å²) in [5, 5.41) is 0.523. The minimum atomic E-state index is -4.34. The molecule has 0 bridgehead atoms. The summed E-state index contributed by atoms with van der Waals surface area (Å²) in [6.45, 7) is 0.300. The van der Waals surface area contributed by atoms with Crippen molar-refractivity contribution in [1.29, 1.82) is 0 Å². The van der Waals surface area contributed by atoms with Crippen LogP contribution in [0.4, 0.5) is 24.5 Å². The molecule has 0 aliphatic carbocycles. The Morgan fingerprint density at radius 1 is 1.14 bits per heavy atom. The van der Waals surface area contributed by atoms with Gasteiger partial charge < -0.3 is 10.6 Å². The van der Waals surface area contributed by atoms with Gasteiger partial charge in [-0.2, -0.15) is 13.2 Å². The Balaban J connectivity index is 2.23.